The van der Waals surface area contributed by atoms with Gasteiger partial charge in [-0.15, -0.1) is 0 Å². The number of fused-ring (bicyclic) bond motifs is 1. The Morgan fingerprint density at radius 1 is 1.18 bits per heavy atom. The zero-order valence-electron chi connectivity index (χ0n) is 14.9. The molecule has 3 aromatic rings. The summed E-state index contributed by atoms with van der Waals surface area (Å²) in [7, 11) is 1.51. The first-order chi connectivity index (χ1) is 13.5. The summed E-state index contributed by atoms with van der Waals surface area (Å²) in [6.07, 6.45) is 0. The van der Waals surface area contributed by atoms with Crippen LogP contribution in [0.3, 0.4) is 0 Å². The number of hydrogen-bond acceptors (Lipinski definition) is 5. The number of carbonyl (C=O) groups is 1. The number of rotatable bonds is 3. The largest absolute Gasteiger partial charge is 0.496 e. The van der Waals surface area contributed by atoms with E-state index in [2.05, 4.69) is 4.98 Å². The number of amides is 1. The first kappa shape index (κ1) is 18.9. The van der Waals surface area contributed by atoms with Gasteiger partial charge in [-0.3, -0.25) is 4.79 Å². The van der Waals surface area contributed by atoms with Crippen molar-refractivity contribution in [1.29, 1.82) is 0 Å². The summed E-state index contributed by atoms with van der Waals surface area (Å²) in [5.74, 6) is -0.970. The molecule has 0 saturated carbocycles. The number of thiazole rings is 1. The highest BCUT2D eigenvalue weighted by Gasteiger charge is 2.26. The van der Waals surface area contributed by atoms with Crippen LogP contribution in [-0.2, 0) is 0 Å². The maximum absolute atomic E-state index is 13.9. The zero-order valence-corrected chi connectivity index (χ0v) is 16.5. The molecule has 1 amide bonds. The smallest absolute Gasteiger partial charge is 0.257 e. The third-order valence-electron chi connectivity index (χ3n) is 4.63. The molecule has 0 atom stereocenters. The number of nitrogens with zero attached hydrogens (tertiary/aromatic N) is 3. The Labute approximate surface area is 169 Å². The highest BCUT2D eigenvalue weighted by Crippen LogP contribution is 2.32. The number of aromatic nitrogens is 1. The average Bonchev–Trinajstić information content (AvgIpc) is 3.12. The standard InChI is InChI=1S/C19H16ClF2N3O2S/c1-27-15-3-2-11(20)8-13(15)18(26)24-4-6-25(7-5-24)19-23-17-14(22)9-12(21)10-16(17)28-19/h2-3,8-10H,4-7H2,1H3. The minimum absolute atomic E-state index is 0.156. The van der Waals surface area contributed by atoms with Gasteiger partial charge in [-0.05, 0) is 24.3 Å². The van der Waals surface area contributed by atoms with Crippen molar-refractivity contribution >= 4 is 44.2 Å². The molecule has 5 nitrogen and oxygen atoms in total. The van der Waals surface area contributed by atoms with Crippen molar-refractivity contribution in [3.63, 3.8) is 0 Å². The van der Waals surface area contributed by atoms with Crippen LogP contribution in [0.5, 0.6) is 5.75 Å². The van der Waals surface area contributed by atoms with Gasteiger partial charge in [0.1, 0.15) is 17.1 Å². The number of piperazine rings is 1. The van der Waals surface area contributed by atoms with E-state index in [1.807, 2.05) is 4.90 Å². The van der Waals surface area contributed by atoms with Gasteiger partial charge >= 0.3 is 0 Å². The molecule has 1 fully saturated rings. The molecule has 0 aliphatic carbocycles. The van der Waals surface area contributed by atoms with E-state index in [0.29, 0.717) is 52.3 Å². The van der Waals surface area contributed by atoms with Crippen molar-refractivity contribution in [3.8, 4) is 5.75 Å². The molecule has 0 N–H and O–H groups in total. The van der Waals surface area contributed by atoms with Gasteiger partial charge in [0, 0.05) is 37.3 Å². The topological polar surface area (TPSA) is 45.7 Å². The summed E-state index contributed by atoms with van der Waals surface area (Å²) in [6.45, 7) is 2.03. The van der Waals surface area contributed by atoms with Crippen LogP contribution in [0, 0.1) is 11.6 Å². The van der Waals surface area contributed by atoms with Crippen LogP contribution < -0.4 is 9.64 Å². The van der Waals surface area contributed by atoms with Gasteiger partial charge in [0.25, 0.3) is 5.91 Å². The molecule has 1 aliphatic heterocycles. The Kier molecular flexibility index (Phi) is 5.07. The lowest BCUT2D eigenvalue weighted by molar-refractivity contribution is 0.0743. The van der Waals surface area contributed by atoms with Crippen molar-refractivity contribution in [2.75, 3.05) is 38.2 Å². The van der Waals surface area contributed by atoms with E-state index in [-0.39, 0.29) is 11.4 Å². The van der Waals surface area contributed by atoms with Crippen molar-refractivity contribution in [1.82, 2.24) is 9.88 Å². The lowest BCUT2D eigenvalue weighted by Gasteiger charge is -2.34. The van der Waals surface area contributed by atoms with E-state index in [1.54, 1.807) is 23.1 Å². The molecule has 28 heavy (non-hydrogen) atoms. The van der Waals surface area contributed by atoms with Crippen molar-refractivity contribution < 1.29 is 18.3 Å². The molecule has 0 spiro atoms. The predicted octanol–water partition coefficient (Wildman–Crippen LogP) is 4.20. The Morgan fingerprint density at radius 2 is 1.93 bits per heavy atom. The number of ether oxygens (including phenoxy) is 1. The van der Waals surface area contributed by atoms with Gasteiger partial charge in [0.2, 0.25) is 0 Å². The molecule has 146 valence electrons. The second kappa shape index (κ2) is 7.52. The highest BCUT2D eigenvalue weighted by atomic mass is 35.5. The normalized spacial score (nSPS) is 14.6. The van der Waals surface area contributed by atoms with E-state index in [1.165, 1.54) is 24.5 Å². The summed E-state index contributed by atoms with van der Waals surface area (Å²) < 4.78 is 33.0. The Balaban J connectivity index is 1.50. The molecule has 1 aromatic heterocycles. The summed E-state index contributed by atoms with van der Waals surface area (Å²) in [5, 5.41) is 1.08. The van der Waals surface area contributed by atoms with Gasteiger partial charge in [-0.1, -0.05) is 22.9 Å². The van der Waals surface area contributed by atoms with E-state index < -0.39 is 11.6 Å². The molecular formula is C19H16ClF2N3O2S. The van der Waals surface area contributed by atoms with Crippen molar-refractivity contribution in [2.24, 2.45) is 0 Å². The molecule has 0 bridgehead atoms. The van der Waals surface area contributed by atoms with Crippen LogP contribution in [0.2, 0.25) is 5.02 Å². The maximum atomic E-state index is 13.9. The molecule has 2 heterocycles. The van der Waals surface area contributed by atoms with Gasteiger partial charge in [0.05, 0.1) is 17.4 Å². The number of anilines is 1. The fourth-order valence-corrected chi connectivity index (χ4v) is 4.43. The van der Waals surface area contributed by atoms with Gasteiger partial charge < -0.3 is 14.5 Å². The van der Waals surface area contributed by atoms with E-state index in [9.17, 15) is 13.6 Å². The number of halogens is 3. The third-order valence-corrected chi connectivity index (χ3v) is 5.93. The van der Waals surface area contributed by atoms with Crippen LogP contribution in [0.25, 0.3) is 10.2 Å². The first-order valence-electron chi connectivity index (χ1n) is 8.59. The van der Waals surface area contributed by atoms with E-state index in [0.717, 1.165) is 6.07 Å². The van der Waals surface area contributed by atoms with Crippen LogP contribution in [0.1, 0.15) is 10.4 Å². The quantitative estimate of drug-likeness (QED) is 0.633. The molecule has 1 saturated heterocycles. The summed E-state index contributed by atoms with van der Waals surface area (Å²) in [5.41, 5.74) is 0.588. The Morgan fingerprint density at radius 3 is 2.64 bits per heavy atom. The number of carbonyl (C=O) groups excluding carboxylic acids is 1. The van der Waals surface area contributed by atoms with Crippen LogP contribution in [-0.4, -0.2) is 49.1 Å². The Bertz CT molecular complexity index is 1050. The second-order valence-electron chi connectivity index (χ2n) is 6.35. The maximum Gasteiger partial charge on any atom is 0.257 e. The van der Waals surface area contributed by atoms with E-state index >= 15 is 0 Å². The zero-order chi connectivity index (χ0) is 19.8. The minimum atomic E-state index is -0.667. The second-order valence-corrected chi connectivity index (χ2v) is 7.80. The van der Waals surface area contributed by atoms with Crippen molar-refractivity contribution in [3.05, 3.63) is 52.6 Å². The number of methoxy groups -OCH3 is 1. The average molecular weight is 424 g/mol. The molecule has 2 aromatic carbocycles. The molecule has 9 heteroatoms. The van der Waals surface area contributed by atoms with Crippen LogP contribution in [0.15, 0.2) is 30.3 Å². The van der Waals surface area contributed by atoms with Crippen molar-refractivity contribution in [2.45, 2.75) is 0 Å². The fraction of sp³-hybridized carbons (Fsp3) is 0.263. The molecule has 4 rings (SSSR count). The summed E-state index contributed by atoms with van der Waals surface area (Å²) >= 11 is 7.26. The van der Waals surface area contributed by atoms with Gasteiger partial charge in [0.15, 0.2) is 10.9 Å². The van der Waals surface area contributed by atoms with Gasteiger partial charge in [-0.2, -0.15) is 0 Å². The monoisotopic (exact) mass is 423 g/mol. The molecular weight excluding hydrogens is 408 g/mol. The number of hydrogen-bond donors (Lipinski definition) is 0. The fourth-order valence-electron chi connectivity index (χ4n) is 3.20. The molecule has 0 radical (unpaired) electrons. The van der Waals surface area contributed by atoms with Gasteiger partial charge in [-0.25, -0.2) is 13.8 Å². The summed E-state index contributed by atoms with van der Waals surface area (Å²) in [6, 6.07) is 7.05. The molecule has 1 aliphatic rings. The van der Waals surface area contributed by atoms with Crippen LogP contribution in [0.4, 0.5) is 13.9 Å². The first-order valence-corrected chi connectivity index (χ1v) is 9.79. The summed E-state index contributed by atoms with van der Waals surface area (Å²) in [4.78, 5) is 20.9. The highest BCUT2D eigenvalue weighted by molar-refractivity contribution is 7.22. The molecule has 0 unspecified atom stereocenters. The lowest BCUT2D eigenvalue weighted by Crippen LogP contribution is -2.48. The van der Waals surface area contributed by atoms with Crippen LogP contribution >= 0.6 is 22.9 Å². The van der Waals surface area contributed by atoms with E-state index in [4.69, 9.17) is 16.3 Å². The predicted molar refractivity (Wildman–Crippen MR) is 106 cm³/mol. The Hall–Kier alpha value is -2.45. The minimum Gasteiger partial charge on any atom is -0.496 e. The third kappa shape index (κ3) is 3.49. The SMILES string of the molecule is COc1ccc(Cl)cc1C(=O)N1CCN(c2nc3c(F)cc(F)cc3s2)CC1. The number of benzene rings is 2. The lowest BCUT2D eigenvalue weighted by atomic mass is 10.1.